The van der Waals surface area contributed by atoms with Crippen molar-refractivity contribution in [2.75, 3.05) is 0 Å². The van der Waals surface area contributed by atoms with E-state index in [1.165, 1.54) is 74.7 Å². The number of hydrogen-bond donors (Lipinski definition) is 0. The average molecular weight is 387 g/mol. The Morgan fingerprint density at radius 2 is 1.96 bits per heavy atom. The Labute approximate surface area is 169 Å². The van der Waals surface area contributed by atoms with Gasteiger partial charge in [0.1, 0.15) is 12.8 Å². The van der Waals surface area contributed by atoms with Crippen LogP contribution in [-0.4, -0.2) is 0 Å². The van der Waals surface area contributed by atoms with Gasteiger partial charge in [-0.05, 0) is 42.3 Å². The Bertz CT molecular complexity index is 1250. The maximum absolute atomic E-state index is 6.57. The molecule has 0 amide bonds. The molecule has 0 radical (unpaired) electrons. The van der Waals surface area contributed by atoms with Gasteiger partial charge < -0.3 is 4.74 Å². The van der Waals surface area contributed by atoms with Crippen molar-refractivity contribution in [3.63, 3.8) is 0 Å². The molecule has 2 nitrogen and oxygen atoms in total. The number of ether oxygens (including phenoxy) is 1. The molecule has 0 unspecified atom stereocenters. The van der Waals surface area contributed by atoms with E-state index in [-0.39, 0.29) is 0 Å². The molecule has 140 valence electrons. The highest BCUT2D eigenvalue weighted by molar-refractivity contribution is 7.19. The lowest BCUT2D eigenvalue weighted by molar-refractivity contribution is -0.659. The smallest absolute Gasteiger partial charge is 0.257 e. The number of rotatable bonds is 2. The molecule has 2 aromatic heterocycles. The summed E-state index contributed by atoms with van der Waals surface area (Å²) in [6.45, 7) is 2.21. The van der Waals surface area contributed by atoms with E-state index >= 15 is 0 Å². The van der Waals surface area contributed by atoms with Gasteiger partial charge in [-0.15, -0.1) is 11.3 Å². The first-order valence-corrected chi connectivity index (χ1v) is 11.2. The van der Waals surface area contributed by atoms with Gasteiger partial charge in [-0.2, -0.15) is 4.57 Å². The number of thiophene rings is 1. The molecule has 0 saturated heterocycles. The lowest BCUT2D eigenvalue weighted by Gasteiger charge is -2.20. The Morgan fingerprint density at radius 3 is 2.82 bits per heavy atom. The summed E-state index contributed by atoms with van der Waals surface area (Å²) in [5.74, 6) is 2.90. The third-order valence-electron chi connectivity index (χ3n) is 6.55. The molecule has 0 bridgehead atoms. The van der Waals surface area contributed by atoms with Gasteiger partial charge >= 0.3 is 0 Å². The predicted molar refractivity (Wildman–Crippen MR) is 116 cm³/mol. The number of hydrogen-bond acceptors (Lipinski definition) is 2. The van der Waals surface area contributed by atoms with Gasteiger partial charge in [-0.25, -0.2) is 0 Å². The molecule has 28 heavy (non-hydrogen) atoms. The highest BCUT2D eigenvalue weighted by atomic mass is 32.1. The number of benzene rings is 2. The van der Waals surface area contributed by atoms with Gasteiger partial charge in [-0.3, -0.25) is 0 Å². The topological polar surface area (TPSA) is 13.1 Å². The van der Waals surface area contributed by atoms with Crippen molar-refractivity contribution in [1.29, 1.82) is 0 Å². The van der Waals surface area contributed by atoms with Crippen molar-refractivity contribution in [3.8, 4) is 22.8 Å². The van der Waals surface area contributed by atoms with Gasteiger partial charge in [0.15, 0.2) is 6.20 Å². The van der Waals surface area contributed by atoms with Crippen molar-refractivity contribution in [2.45, 2.75) is 39.0 Å². The number of pyridine rings is 1. The molecule has 4 aromatic rings. The zero-order chi connectivity index (χ0) is 18.8. The first-order chi connectivity index (χ1) is 13.7. The Kier molecular flexibility index (Phi) is 3.58. The first-order valence-electron chi connectivity index (χ1n) is 10.3. The summed E-state index contributed by atoms with van der Waals surface area (Å²) in [5, 5.41) is 3.80. The Morgan fingerprint density at radius 1 is 1.11 bits per heavy atom. The summed E-state index contributed by atoms with van der Waals surface area (Å²) in [6.07, 6.45) is 9.12. The molecular formula is C25H24NOS+. The van der Waals surface area contributed by atoms with Crippen molar-refractivity contribution < 1.29 is 9.30 Å². The summed E-state index contributed by atoms with van der Waals surface area (Å²) in [6, 6.07) is 13.2. The summed E-state index contributed by atoms with van der Waals surface area (Å²) < 4.78 is 10.1. The molecule has 3 heteroatoms. The fraction of sp³-hybridized carbons (Fsp3) is 0.320. The van der Waals surface area contributed by atoms with Crippen LogP contribution in [-0.2, 0) is 13.5 Å². The second kappa shape index (κ2) is 6.05. The van der Waals surface area contributed by atoms with Crippen molar-refractivity contribution >= 4 is 32.2 Å². The number of aromatic nitrogens is 1. The molecular weight excluding hydrogens is 362 g/mol. The minimum Gasteiger partial charge on any atom is -0.448 e. The minimum absolute atomic E-state index is 0.871. The summed E-state index contributed by atoms with van der Waals surface area (Å²) >= 11 is 1.94. The van der Waals surface area contributed by atoms with Crippen LogP contribution in [0.15, 0.2) is 42.6 Å². The second-order valence-electron chi connectivity index (χ2n) is 8.48. The lowest BCUT2D eigenvalue weighted by atomic mass is 9.93. The van der Waals surface area contributed by atoms with Crippen LogP contribution in [0.5, 0.6) is 11.5 Å². The fourth-order valence-electron chi connectivity index (χ4n) is 5.21. The van der Waals surface area contributed by atoms with Gasteiger partial charge in [0, 0.05) is 10.3 Å². The van der Waals surface area contributed by atoms with Gasteiger partial charge in [0.25, 0.3) is 5.69 Å². The van der Waals surface area contributed by atoms with Crippen LogP contribution in [0, 0.1) is 12.8 Å². The largest absolute Gasteiger partial charge is 0.448 e. The third-order valence-corrected chi connectivity index (χ3v) is 7.72. The Hall–Kier alpha value is -2.39. The van der Waals surface area contributed by atoms with Crippen LogP contribution in [0.25, 0.3) is 32.1 Å². The van der Waals surface area contributed by atoms with Crippen molar-refractivity contribution in [3.05, 3.63) is 53.0 Å². The van der Waals surface area contributed by atoms with E-state index in [1.807, 2.05) is 11.3 Å². The minimum atomic E-state index is 0.871. The molecule has 0 N–H and O–H groups in total. The van der Waals surface area contributed by atoms with E-state index in [0.717, 1.165) is 17.4 Å². The van der Waals surface area contributed by atoms with Gasteiger partial charge in [0.05, 0.1) is 15.6 Å². The lowest BCUT2D eigenvalue weighted by Crippen LogP contribution is -2.32. The van der Waals surface area contributed by atoms with E-state index in [1.54, 1.807) is 0 Å². The summed E-state index contributed by atoms with van der Waals surface area (Å²) in [5.41, 5.74) is 3.84. The molecule has 3 heterocycles. The molecule has 0 atom stereocenters. The van der Waals surface area contributed by atoms with Gasteiger partial charge in [0.2, 0.25) is 5.75 Å². The van der Waals surface area contributed by atoms with E-state index in [2.05, 4.69) is 61.1 Å². The fourth-order valence-corrected chi connectivity index (χ4v) is 6.43. The zero-order valence-electron chi connectivity index (χ0n) is 16.4. The molecule has 2 aliphatic rings. The SMILES string of the molecule is Cc1ccc2cccc3c2c1-c1c(c2sc(CC4CCCC4)cc2c[n+]1C)O3. The van der Waals surface area contributed by atoms with E-state index in [9.17, 15) is 0 Å². The number of aryl methyl sites for hydroxylation is 2. The molecule has 1 aliphatic heterocycles. The number of fused-ring (bicyclic) bond motifs is 4. The standard InChI is InChI=1S/C25H24NOS/c1-15-10-11-17-8-5-9-20-22(17)21(15)23-24(27-20)25-18(14-26(23)2)13-19(28-25)12-16-6-3-4-7-16/h5,8-11,13-14,16H,3-4,6-7,12H2,1-2H3/q+1. The molecule has 1 saturated carbocycles. The highest BCUT2D eigenvalue weighted by Crippen LogP contribution is 2.50. The summed E-state index contributed by atoms with van der Waals surface area (Å²) in [7, 11) is 2.15. The van der Waals surface area contributed by atoms with Crippen molar-refractivity contribution in [2.24, 2.45) is 13.0 Å². The van der Waals surface area contributed by atoms with Crippen molar-refractivity contribution in [1.82, 2.24) is 0 Å². The Balaban J connectivity index is 1.60. The molecule has 1 fully saturated rings. The normalized spacial score (nSPS) is 15.9. The van der Waals surface area contributed by atoms with Crippen LogP contribution in [0.2, 0.25) is 0 Å². The molecule has 2 aromatic carbocycles. The van der Waals surface area contributed by atoms with Crippen LogP contribution in [0.1, 0.15) is 36.1 Å². The average Bonchev–Trinajstić information content (AvgIpc) is 3.34. The molecule has 1 aliphatic carbocycles. The quantitative estimate of drug-likeness (QED) is 0.308. The highest BCUT2D eigenvalue weighted by Gasteiger charge is 2.32. The molecule has 0 spiro atoms. The van der Waals surface area contributed by atoms with Crippen LogP contribution >= 0.6 is 11.3 Å². The monoisotopic (exact) mass is 386 g/mol. The van der Waals surface area contributed by atoms with E-state index in [4.69, 9.17) is 4.74 Å². The first kappa shape index (κ1) is 16.6. The van der Waals surface area contributed by atoms with Crippen LogP contribution < -0.4 is 9.30 Å². The zero-order valence-corrected chi connectivity index (χ0v) is 17.2. The maximum atomic E-state index is 6.57. The second-order valence-corrected chi connectivity index (χ2v) is 9.62. The van der Waals surface area contributed by atoms with Crippen LogP contribution in [0.4, 0.5) is 0 Å². The van der Waals surface area contributed by atoms with E-state index < -0.39 is 0 Å². The summed E-state index contributed by atoms with van der Waals surface area (Å²) in [4.78, 5) is 1.51. The molecule has 6 rings (SSSR count). The van der Waals surface area contributed by atoms with Gasteiger partial charge in [-0.1, -0.05) is 49.9 Å². The maximum Gasteiger partial charge on any atom is 0.257 e. The van der Waals surface area contributed by atoms with Crippen LogP contribution in [0.3, 0.4) is 0 Å². The van der Waals surface area contributed by atoms with E-state index in [0.29, 0.717) is 0 Å². The number of nitrogens with zero attached hydrogens (tertiary/aromatic N) is 1. The predicted octanol–water partition coefficient (Wildman–Crippen LogP) is 6.69. The third kappa shape index (κ3) is 2.35.